The fraction of sp³-hybridized carbons (Fsp3) is 0.333. The predicted octanol–water partition coefficient (Wildman–Crippen LogP) is 2.20. The Morgan fingerprint density at radius 3 is 2.71 bits per heavy atom. The summed E-state index contributed by atoms with van der Waals surface area (Å²) in [5.74, 6) is 0.123. The Morgan fingerprint density at radius 1 is 1.41 bits per heavy atom. The molecule has 1 aromatic carbocycles. The lowest BCUT2D eigenvalue weighted by Gasteiger charge is -2.10. The zero-order valence-electron chi connectivity index (χ0n) is 9.60. The summed E-state index contributed by atoms with van der Waals surface area (Å²) in [5.41, 5.74) is 0.576. The monoisotopic (exact) mass is 300 g/mol. The molecule has 1 unspecified atom stereocenters. The van der Waals surface area contributed by atoms with Gasteiger partial charge in [-0.3, -0.25) is 9.59 Å². The van der Waals surface area contributed by atoms with E-state index >= 15 is 0 Å². The molecule has 0 aliphatic heterocycles. The van der Waals surface area contributed by atoms with E-state index in [1.807, 2.05) is 0 Å². The molecule has 0 aliphatic carbocycles. The number of benzene rings is 1. The molecule has 5 heteroatoms. The summed E-state index contributed by atoms with van der Waals surface area (Å²) in [7, 11) is 1.31. The molecule has 4 nitrogen and oxygen atoms in total. The molecule has 0 N–H and O–H groups in total. The number of Topliss-reactive ketones (excluding diaryl/α,β-unsaturated/α-hetero) is 1. The number of carbonyl (C=O) groups is 2. The number of hydrogen-bond acceptors (Lipinski definition) is 4. The SMILES string of the molecule is COC(=O)C(Br)COc1cccc(C(C)=O)c1. The zero-order valence-corrected chi connectivity index (χ0v) is 11.2. The van der Waals surface area contributed by atoms with Gasteiger partial charge >= 0.3 is 5.97 Å². The molecule has 0 spiro atoms. The van der Waals surface area contributed by atoms with E-state index in [-0.39, 0.29) is 12.4 Å². The first-order valence-corrected chi connectivity index (χ1v) is 5.92. The highest BCUT2D eigenvalue weighted by Gasteiger charge is 2.15. The van der Waals surface area contributed by atoms with Gasteiger partial charge in [-0.1, -0.05) is 28.1 Å². The van der Waals surface area contributed by atoms with Crippen LogP contribution in [-0.4, -0.2) is 30.3 Å². The minimum Gasteiger partial charge on any atom is -0.492 e. The molecule has 0 aromatic heterocycles. The Balaban J connectivity index is 2.60. The maximum atomic E-state index is 11.2. The quantitative estimate of drug-likeness (QED) is 0.475. The number of methoxy groups -OCH3 is 1. The fourth-order valence-corrected chi connectivity index (χ4v) is 1.49. The van der Waals surface area contributed by atoms with E-state index in [1.165, 1.54) is 14.0 Å². The standard InChI is InChI=1S/C12H13BrO4/c1-8(14)9-4-3-5-10(6-9)17-7-11(13)12(15)16-2/h3-6,11H,7H2,1-2H3. The molecule has 1 rings (SSSR count). The predicted molar refractivity (Wildman–Crippen MR) is 66.7 cm³/mol. The Labute approximate surface area is 108 Å². The van der Waals surface area contributed by atoms with E-state index in [4.69, 9.17) is 4.74 Å². The highest BCUT2D eigenvalue weighted by Crippen LogP contribution is 2.15. The molecule has 1 atom stereocenters. The van der Waals surface area contributed by atoms with Gasteiger partial charge in [-0.25, -0.2) is 0 Å². The number of alkyl halides is 1. The van der Waals surface area contributed by atoms with Gasteiger partial charge in [0.1, 0.15) is 17.2 Å². The van der Waals surface area contributed by atoms with Crippen molar-refractivity contribution in [2.24, 2.45) is 0 Å². The molecule has 1 aromatic rings. The Morgan fingerprint density at radius 2 is 2.12 bits per heavy atom. The molecular formula is C12H13BrO4. The van der Waals surface area contributed by atoms with E-state index < -0.39 is 10.8 Å². The van der Waals surface area contributed by atoms with E-state index in [9.17, 15) is 9.59 Å². The van der Waals surface area contributed by atoms with Crippen LogP contribution in [0.15, 0.2) is 24.3 Å². The van der Waals surface area contributed by atoms with Gasteiger partial charge in [0, 0.05) is 5.56 Å². The number of ether oxygens (including phenoxy) is 2. The van der Waals surface area contributed by atoms with Crippen LogP contribution in [0.2, 0.25) is 0 Å². The van der Waals surface area contributed by atoms with Crippen molar-refractivity contribution in [2.75, 3.05) is 13.7 Å². The molecule has 0 fully saturated rings. The molecule has 0 heterocycles. The van der Waals surface area contributed by atoms with Gasteiger partial charge in [-0.05, 0) is 19.1 Å². The molecule has 0 amide bonds. The molecular weight excluding hydrogens is 288 g/mol. The second-order valence-corrected chi connectivity index (χ2v) is 4.49. The summed E-state index contributed by atoms with van der Waals surface area (Å²) in [6, 6.07) is 6.80. The van der Waals surface area contributed by atoms with Crippen LogP contribution in [0.4, 0.5) is 0 Å². The molecule has 0 aliphatic rings. The van der Waals surface area contributed by atoms with Crippen molar-refractivity contribution in [3.05, 3.63) is 29.8 Å². The first-order chi connectivity index (χ1) is 8.04. The molecule has 0 saturated carbocycles. The minimum absolute atomic E-state index is 0.0289. The molecule has 17 heavy (non-hydrogen) atoms. The van der Waals surface area contributed by atoms with Crippen LogP contribution >= 0.6 is 15.9 Å². The van der Waals surface area contributed by atoms with Crippen LogP contribution in [0.3, 0.4) is 0 Å². The van der Waals surface area contributed by atoms with Gasteiger partial charge in [-0.15, -0.1) is 0 Å². The molecule has 0 bridgehead atoms. The summed E-state index contributed by atoms with van der Waals surface area (Å²) in [6.45, 7) is 1.63. The third-order valence-corrected chi connectivity index (χ3v) is 2.73. The topological polar surface area (TPSA) is 52.6 Å². The van der Waals surface area contributed by atoms with Crippen molar-refractivity contribution in [3.8, 4) is 5.75 Å². The first kappa shape index (κ1) is 13.7. The zero-order chi connectivity index (χ0) is 12.8. The Kier molecular flexibility index (Phi) is 5.15. The average Bonchev–Trinajstić information content (AvgIpc) is 2.35. The van der Waals surface area contributed by atoms with Crippen molar-refractivity contribution in [1.29, 1.82) is 0 Å². The number of halogens is 1. The highest BCUT2D eigenvalue weighted by atomic mass is 79.9. The van der Waals surface area contributed by atoms with Crippen molar-refractivity contribution < 1.29 is 19.1 Å². The maximum Gasteiger partial charge on any atom is 0.322 e. The number of esters is 1. The van der Waals surface area contributed by atoms with Crippen LogP contribution in [0.25, 0.3) is 0 Å². The largest absolute Gasteiger partial charge is 0.492 e. The normalized spacial score (nSPS) is 11.7. The van der Waals surface area contributed by atoms with Gasteiger partial charge in [0.05, 0.1) is 7.11 Å². The number of rotatable bonds is 5. The summed E-state index contributed by atoms with van der Waals surface area (Å²) >= 11 is 3.14. The first-order valence-electron chi connectivity index (χ1n) is 5.00. The third kappa shape index (κ3) is 4.19. The van der Waals surface area contributed by atoms with E-state index in [2.05, 4.69) is 20.7 Å². The Hall–Kier alpha value is -1.36. The maximum absolute atomic E-state index is 11.2. The van der Waals surface area contributed by atoms with E-state index in [1.54, 1.807) is 24.3 Å². The molecule has 0 radical (unpaired) electrons. The van der Waals surface area contributed by atoms with Crippen LogP contribution in [-0.2, 0) is 9.53 Å². The average molecular weight is 301 g/mol. The van der Waals surface area contributed by atoms with Gasteiger partial charge < -0.3 is 9.47 Å². The van der Waals surface area contributed by atoms with Gasteiger partial charge in [0.2, 0.25) is 0 Å². The van der Waals surface area contributed by atoms with E-state index in [0.29, 0.717) is 11.3 Å². The third-order valence-electron chi connectivity index (χ3n) is 2.09. The van der Waals surface area contributed by atoms with Crippen LogP contribution in [0.5, 0.6) is 5.75 Å². The van der Waals surface area contributed by atoms with Crippen LogP contribution in [0, 0.1) is 0 Å². The van der Waals surface area contributed by atoms with Gasteiger partial charge in [0.15, 0.2) is 5.78 Å². The number of carbonyl (C=O) groups excluding carboxylic acids is 2. The van der Waals surface area contributed by atoms with Crippen LogP contribution < -0.4 is 4.74 Å². The van der Waals surface area contributed by atoms with Crippen molar-refractivity contribution in [3.63, 3.8) is 0 Å². The lowest BCUT2D eigenvalue weighted by molar-refractivity contribution is -0.140. The van der Waals surface area contributed by atoms with Crippen molar-refractivity contribution in [2.45, 2.75) is 11.8 Å². The second-order valence-electron chi connectivity index (χ2n) is 3.39. The summed E-state index contributed by atoms with van der Waals surface area (Å²) < 4.78 is 9.92. The lowest BCUT2D eigenvalue weighted by atomic mass is 10.1. The summed E-state index contributed by atoms with van der Waals surface area (Å²) in [6.07, 6.45) is 0. The second kappa shape index (κ2) is 6.39. The Bertz CT molecular complexity index is 417. The minimum atomic E-state index is -0.520. The molecule has 92 valence electrons. The van der Waals surface area contributed by atoms with Gasteiger partial charge in [0.25, 0.3) is 0 Å². The van der Waals surface area contributed by atoms with Crippen molar-refractivity contribution >= 4 is 27.7 Å². The smallest absolute Gasteiger partial charge is 0.322 e. The lowest BCUT2D eigenvalue weighted by Crippen LogP contribution is -2.22. The fourth-order valence-electron chi connectivity index (χ4n) is 1.17. The summed E-state index contributed by atoms with van der Waals surface area (Å²) in [4.78, 5) is 21.7. The van der Waals surface area contributed by atoms with Crippen LogP contribution in [0.1, 0.15) is 17.3 Å². The number of hydrogen-bond donors (Lipinski definition) is 0. The highest BCUT2D eigenvalue weighted by molar-refractivity contribution is 9.10. The molecule has 0 saturated heterocycles. The van der Waals surface area contributed by atoms with Crippen molar-refractivity contribution in [1.82, 2.24) is 0 Å². The van der Waals surface area contributed by atoms with Gasteiger partial charge in [-0.2, -0.15) is 0 Å². The van der Waals surface area contributed by atoms with E-state index in [0.717, 1.165) is 0 Å². The summed E-state index contributed by atoms with van der Waals surface area (Å²) in [5, 5.41) is 0. The number of ketones is 1.